The number of thioether (sulfide) groups is 1. The van der Waals surface area contributed by atoms with Gasteiger partial charge in [0.15, 0.2) is 0 Å². The van der Waals surface area contributed by atoms with Gasteiger partial charge in [-0.15, -0.1) is 23.1 Å². The minimum Gasteiger partial charge on any atom is -0.352 e. The van der Waals surface area contributed by atoms with Crippen molar-refractivity contribution < 1.29 is 4.79 Å². The Hall–Kier alpha value is -2.83. The summed E-state index contributed by atoms with van der Waals surface area (Å²) in [5, 5.41) is 9.37. The van der Waals surface area contributed by atoms with E-state index in [1.54, 1.807) is 29.3 Å². The highest BCUT2D eigenvalue weighted by atomic mass is 32.2. The van der Waals surface area contributed by atoms with Gasteiger partial charge in [0.05, 0.1) is 11.3 Å². The van der Waals surface area contributed by atoms with Crippen LogP contribution < -0.4 is 5.32 Å². The molecule has 4 aromatic rings. The molecule has 0 aliphatic carbocycles. The summed E-state index contributed by atoms with van der Waals surface area (Å²) < 4.78 is 1.83. The molecular formula is C23H21N3OS2. The number of rotatable bonds is 8. The minimum absolute atomic E-state index is 0.0209. The molecule has 146 valence electrons. The van der Waals surface area contributed by atoms with Crippen molar-refractivity contribution in [2.75, 3.05) is 6.54 Å². The molecule has 6 heteroatoms. The van der Waals surface area contributed by atoms with Gasteiger partial charge < -0.3 is 5.32 Å². The predicted octanol–water partition coefficient (Wildman–Crippen LogP) is 5.20. The monoisotopic (exact) mass is 419 g/mol. The fourth-order valence-electron chi connectivity index (χ4n) is 2.98. The first-order valence-electron chi connectivity index (χ1n) is 9.41. The summed E-state index contributed by atoms with van der Waals surface area (Å²) in [6.07, 6.45) is 4.47. The SMILES string of the molecule is O=C(NCCc1ccc(-n2cccn2)cc1)c1ccccc1SCc1cccs1. The molecule has 0 atom stereocenters. The molecule has 0 saturated carbocycles. The van der Waals surface area contributed by atoms with Crippen LogP contribution in [0.15, 0.2) is 89.4 Å². The molecule has 0 unspecified atom stereocenters. The van der Waals surface area contributed by atoms with Gasteiger partial charge in [0.25, 0.3) is 5.91 Å². The fraction of sp³-hybridized carbons (Fsp3) is 0.130. The van der Waals surface area contributed by atoms with Crippen LogP contribution in [-0.2, 0) is 12.2 Å². The molecule has 2 aromatic heterocycles. The Balaban J connectivity index is 1.31. The molecule has 2 heterocycles. The van der Waals surface area contributed by atoms with Crippen LogP contribution in [0.1, 0.15) is 20.8 Å². The summed E-state index contributed by atoms with van der Waals surface area (Å²) in [7, 11) is 0. The van der Waals surface area contributed by atoms with Crippen molar-refractivity contribution in [1.29, 1.82) is 0 Å². The number of benzene rings is 2. The number of aromatic nitrogens is 2. The Morgan fingerprint density at radius 2 is 1.90 bits per heavy atom. The number of nitrogens with one attached hydrogen (secondary N) is 1. The second kappa shape index (κ2) is 9.58. The highest BCUT2D eigenvalue weighted by molar-refractivity contribution is 7.98. The lowest BCUT2D eigenvalue weighted by molar-refractivity contribution is 0.0951. The lowest BCUT2D eigenvalue weighted by Gasteiger charge is -2.10. The maximum absolute atomic E-state index is 12.7. The van der Waals surface area contributed by atoms with E-state index in [0.29, 0.717) is 6.54 Å². The van der Waals surface area contributed by atoms with E-state index in [4.69, 9.17) is 0 Å². The first-order chi connectivity index (χ1) is 14.3. The highest BCUT2D eigenvalue weighted by Crippen LogP contribution is 2.27. The van der Waals surface area contributed by atoms with Crippen LogP contribution in [0, 0.1) is 0 Å². The first-order valence-corrected chi connectivity index (χ1v) is 11.3. The number of carbonyl (C=O) groups excluding carboxylic acids is 1. The molecule has 0 bridgehead atoms. The van der Waals surface area contributed by atoms with Crippen molar-refractivity contribution in [1.82, 2.24) is 15.1 Å². The van der Waals surface area contributed by atoms with Crippen molar-refractivity contribution in [2.45, 2.75) is 17.1 Å². The first kappa shape index (κ1) is 19.5. The molecule has 4 nitrogen and oxygen atoms in total. The molecule has 0 radical (unpaired) electrons. The fourth-order valence-corrected chi connectivity index (χ4v) is 4.80. The van der Waals surface area contributed by atoms with Gasteiger partial charge in [-0.2, -0.15) is 5.10 Å². The third kappa shape index (κ3) is 5.16. The highest BCUT2D eigenvalue weighted by Gasteiger charge is 2.11. The molecule has 4 rings (SSSR count). The van der Waals surface area contributed by atoms with Crippen LogP contribution in [0.3, 0.4) is 0 Å². The summed E-state index contributed by atoms with van der Waals surface area (Å²) >= 11 is 3.45. The summed E-state index contributed by atoms with van der Waals surface area (Å²) in [5.41, 5.74) is 2.95. The summed E-state index contributed by atoms with van der Waals surface area (Å²) in [4.78, 5) is 15.0. The Kier molecular flexibility index (Phi) is 6.44. The Morgan fingerprint density at radius 1 is 1.03 bits per heavy atom. The van der Waals surface area contributed by atoms with Crippen molar-refractivity contribution >= 4 is 29.0 Å². The molecule has 0 aliphatic rings. The van der Waals surface area contributed by atoms with Crippen molar-refractivity contribution in [3.05, 3.63) is 101 Å². The Bertz CT molecular complexity index is 1040. The van der Waals surface area contributed by atoms with Gasteiger partial charge in [0.2, 0.25) is 0 Å². The zero-order valence-corrected chi connectivity index (χ0v) is 17.5. The molecule has 2 aromatic carbocycles. The lowest BCUT2D eigenvalue weighted by atomic mass is 10.1. The maximum atomic E-state index is 12.7. The smallest absolute Gasteiger partial charge is 0.252 e. The number of amides is 1. The van der Waals surface area contributed by atoms with E-state index in [0.717, 1.165) is 28.3 Å². The number of carbonyl (C=O) groups is 1. The number of nitrogens with zero attached hydrogens (tertiary/aromatic N) is 2. The van der Waals surface area contributed by atoms with Crippen LogP contribution in [0.4, 0.5) is 0 Å². The molecular weight excluding hydrogens is 398 g/mol. The van der Waals surface area contributed by atoms with Gasteiger partial charge in [0, 0.05) is 34.5 Å². The summed E-state index contributed by atoms with van der Waals surface area (Å²) in [6.45, 7) is 0.601. The molecule has 29 heavy (non-hydrogen) atoms. The largest absolute Gasteiger partial charge is 0.352 e. The minimum atomic E-state index is -0.0209. The van der Waals surface area contributed by atoms with Crippen LogP contribution in [0.2, 0.25) is 0 Å². The van der Waals surface area contributed by atoms with E-state index in [2.05, 4.69) is 40.1 Å². The number of hydrogen-bond acceptors (Lipinski definition) is 4. The van der Waals surface area contributed by atoms with E-state index in [-0.39, 0.29) is 5.91 Å². The molecule has 1 N–H and O–H groups in total. The molecule has 0 fully saturated rings. The number of hydrogen-bond donors (Lipinski definition) is 1. The van der Waals surface area contributed by atoms with Gasteiger partial charge in [0.1, 0.15) is 0 Å². The van der Waals surface area contributed by atoms with E-state index in [1.807, 2.05) is 53.3 Å². The molecule has 0 aliphatic heterocycles. The maximum Gasteiger partial charge on any atom is 0.252 e. The van der Waals surface area contributed by atoms with Crippen LogP contribution in [-0.4, -0.2) is 22.2 Å². The topological polar surface area (TPSA) is 46.9 Å². The van der Waals surface area contributed by atoms with Crippen molar-refractivity contribution in [3.63, 3.8) is 0 Å². The van der Waals surface area contributed by atoms with Crippen LogP contribution >= 0.6 is 23.1 Å². The van der Waals surface area contributed by atoms with Gasteiger partial charge >= 0.3 is 0 Å². The summed E-state index contributed by atoms with van der Waals surface area (Å²) in [5.74, 6) is 0.859. The number of thiophene rings is 1. The summed E-state index contributed by atoms with van der Waals surface area (Å²) in [6, 6.07) is 22.1. The van der Waals surface area contributed by atoms with Crippen LogP contribution in [0.5, 0.6) is 0 Å². The van der Waals surface area contributed by atoms with Gasteiger partial charge in [-0.1, -0.05) is 30.3 Å². The Morgan fingerprint density at radius 3 is 2.66 bits per heavy atom. The van der Waals surface area contributed by atoms with Crippen molar-refractivity contribution in [3.8, 4) is 5.69 Å². The zero-order chi connectivity index (χ0) is 19.9. The Labute approximate surface area is 178 Å². The second-order valence-electron chi connectivity index (χ2n) is 6.49. The van der Waals surface area contributed by atoms with Gasteiger partial charge in [-0.25, -0.2) is 4.68 Å². The average Bonchev–Trinajstić information content (AvgIpc) is 3.47. The predicted molar refractivity (Wildman–Crippen MR) is 120 cm³/mol. The zero-order valence-electron chi connectivity index (χ0n) is 15.8. The average molecular weight is 420 g/mol. The third-order valence-corrected chi connectivity index (χ3v) is 6.67. The normalized spacial score (nSPS) is 10.8. The second-order valence-corrected chi connectivity index (χ2v) is 8.54. The van der Waals surface area contributed by atoms with E-state index in [1.165, 1.54) is 10.4 Å². The van der Waals surface area contributed by atoms with Gasteiger partial charge in [-0.05, 0) is 53.8 Å². The van der Waals surface area contributed by atoms with Crippen molar-refractivity contribution in [2.24, 2.45) is 0 Å². The van der Waals surface area contributed by atoms with E-state index < -0.39 is 0 Å². The standard InChI is InChI=1S/C23H21N3OS2/c27-23(21-6-1-2-7-22(21)29-17-20-5-3-16-28-20)24-14-12-18-8-10-19(11-9-18)26-15-4-13-25-26/h1-11,13,15-16H,12,14,17H2,(H,24,27). The molecule has 1 amide bonds. The van der Waals surface area contributed by atoms with E-state index in [9.17, 15) is 4.79 Å². The quantitative estimate of drug-likeness (QED) is 0.399. The lowest BCUT2D eigenvalue weighted by Crippen LogP contribution is -2.26. The van der Waals surface area contributed by atoms with Crippen LogP contribution in [0.25, 0.3) is 5.69 Å². The third-order valence-electron chi connectivity index (χ3n) is 4.49. The van der Waals surface area contributed by atoms with Gasteiger partial charge in [-0.3, -0.25) is 4.79 Å². The molecule has 0 saturated heterocycles. The molecule has 0 spiro atoms. The van der Waals surface area contributed by atoms with E-state index >= 15 is 0 Å².